The van der Waals surface area contributed by atoms with Gasteiger partial charge in [0, 0.05) is 4.90 Å². The van der Waals surface area contributed by atoms with Gasteiger partial charge in [-0.3, -0.25) is 9.36 Å². The normalized spacial score (nSPS) is 13.9. The Morgan fingerprint density at radius 1 is 1.08 bits per heavy atom. The van der Waals surface area contributed by atoms with E-state index in [9.17, 15) is 19.1 Å². The van der Waals surface area contributed by atoms with Crippen molar-refractivity contribution >= 4 is 25.3 Å². The summed E-state index contributed by atoms with van der Waals surface area (Å²) in [5.41, 5.74) is 0. The molecule has 2 aromatic rings. The van der Waals surface area contributed by atoms with Gasteiger partial charge in [-0.05, 0) is 36.0 Å². The number of hydrogen-bond acceptors (Lipinski definition) is 5. The van der Waals surface area contributed by atoms with Crippen molar-refractivity contribution in [3.8, 4) is 5.75 Å². The van der Waals surface area contributed by atoms with E-state index in [2.05, 4.69) is 5.32 Å². The van der Waals surface area contributed by atoms with Gasteiger partial charge in [0.25, 0.3) is 0 Å². The number of rotatable bonds is 8. The maximum atomic E-state index is 12.2. The molecule has 2 aromatic carbocycles. The van der Waals surface area contributed by atoms with Crippen LogP contribution in [0.2, 0.25) is 0 Å². The first-order valence-corrected chi connectivity index (χ1v) is 9.26. The van der Waals surface area contributed by atoms with Gasteiger partial charge in [-0.1, -0.05) is 36.4 Å². The highest BCUT2D eigenvalue weighted by molar-refractivity contribution is 8.06. The first kappa shape index (κ1) is 18.5. The molecule has 9 heteroatoms. The Labute approximate surface area is 142 Å². The second-order valence-corrected chi connectivity index (χ2v) is 7.97. The van der Waals surface area contributed by atoms with Gasteiger partial charge in [-0.25, -0.2) is 5.32 Å². The SMILES string of the molecule is O=C(O)CNC(Oc1ccccc1)(Sc1ccccc1)P(=O)(O)O. The summed E-state index contributed by atoms with van der Waals surface area (Å²) >= 11 is 0.720. The molecule has 0 aromatic heterocycles. The quantitative estimate of drug-likeness (QED) is 0.318. The maximum Gasteiger partial charge on any atom is 0.395 e. The number of carboxylic acid groups (broad SMARTS) is 1. The molecular formula is C15H16NO6PS. The predicted molar refractivity (Wildman–Crippen MR) is 89.8 cm³/mol. The average molecular weight is 369 g/mol. The number of carbonyl (C=O) groups is 1. The lowest BCUT2D eigenvalue weighted by molar-refractivity contribution is -0.136. The number of carboxylic acids is 1. The molecule has 0 aliphatic carbocycles. The lowest BCUT2D eigenvalue weighted by Crippen LogP contribution is -2.49. The molecule has 4 N–H and O–H groups in total. The Hall–Kier alpha value is -1.83. The van der Waals surface area contributed by atoms with Crippen LogP contribution >= 0.6 is 19.4 Å². The zero-order valence-corrected chi connectivity index (χ0v) is 14.1. The Morgan fingerprint density at radius 3 is 2.12 bits per heavy atom. The van der Waals surface area contributed by atoms with E-state index in [1.807, 2.05) is 0 Å². The van der Waals surface area contributed by atoms with Crippen LogP contribution in [0.4, 0.5) is 0 Å². The van der Waals surface area contributed by atoms with E-state index in [0.717, 1.165) is 11.8 Å². The third kappa shape index (κ3) is 4.83. The van der Waals surface area contributed by atoms with Gasteiger partial charge >= 0.3 is 18.4 Å². The van der Waals surface area contributed by atoms with Crippen molar-refractivity contribution in [3.63, 3.8) is 0 Å². The van der Waals surface area contributed by atoms with Gasteiger partial charge in [0.2, 0.25) is 0 Å². The Kier molecular flexibility index (Phi) is 6.04. The standard InChI is InChI=1S/C15H16NO6PS/c17-14(18)11-16-15(23(19,20)21,22-12-7-3-1-4-8-12)24-13-9-5-2-6-10-13/h1-10,16H,11H2,(H,17,18)(H2,19,20,21). The molecule has 0 saturated carbocycles. The van der Waals surface area contributed by atoms with Crippen molar-refractivity contribution in [2.24, 2.45) is 0 Å². The lowest BCUT2D eigenvalue weighted by atomic mass is 10.3. The third-order valence-corrected chi connectivity index (χ3v) is 5.86. The Balaban J connectivity index is 2.42. The summed E-state index contributed by atoms with van der Waals surface area (Å²) in [7, 11) is -4.93. The molecule has 2 rings (SSSR count). The van der Waals surface area contributed by atoms with Crippen LogP contribution in [0.5, 0.6) is 5.75 Å². The van der Waals surface area contributed by atoms with Crippen molar-refractivity contribution in [2.75, 3.05) is 6.54 Å². The van der Waals surface area contributed by atoms with Crippen LogP contribution in [0, 0.1) is 0 Å². The molecule has 0 heterocycles. The zero-order valence-electron chi connectivity index (χ0n) is 12.4. The van der Waals surface area contributed by atoms with Crippen molar-refractivity contribution in [1.82, 2.24) is 5.32 Å². The number of benzene rings is 2. The van der Waals surface area contributed by atoms with Crippen molar-refractivity contribution < 1.29 is 29.0 Å². The molecule has 0 radical (unpaired) electrons. The Morgan fingerprint density at radius 2 is 1.62 bits per heavy atom. The van der Waals surface area contributed by atoms with Crippen molar-refractivity contribution in [1.29, 1.82) is 0 Å². The van der Waals surface area contributed by atoms with E-state index in [0.29, 0.717) is 4.90 Å². The van der Waals surface area contributed by atoms with Crippen LogP contribution < -0.4 is 10.1 Å². The van der Waals surface area contributed by atoms with Gasteiger partial charge < -0.3 is 19.6 Å². The third-order valence-electron chi connectivity index (χ3n) is 2.85. The van der Waals surface area contributed by atoms with E-state index in [1.54, 1.807) is 48.5 Å². The van der Waals surface area contributed by atoms with Crippen LogP contribution in [0.15, 0.2) is 65.6 Å². The summed E-state index contributed by atoms with van der Waals surface area (Å²) < 4.78 is 17.7. The number of hydrogen-bond donors (Lipinski definition) is 4. The minimum Gasteiger partial charge on any atom is -0.480 e. The second-order valence-electron chi connectivity index (χ2n) is 4.70. The molecule has 24 heavy (non-hydrogen) atoms. The highest BCUT2D eigenvalue weighted by Gasteiger charge is 2.51. The first-order chi connectivity index (χ1) is 11.3. The molecule has 0 fully saturated rings. The molecule has 0 saturated heterocycles. The fraction of sp³-hybridized carbons (Fsp3) is 0.133. The van der Waals surface area contributed by atoms with E-state index in [4.69, 9.17) is 9.84 Å². The summed E-state index contributed by atoms with van der Waals surface area (Å²) in [4.78, 5) is 28.9. The molecule has 0 bridgehead atoms. The molecule has 0 aliphatic heterocycles. The van der Waals surface area contributed by atoms with Gasteiger partial charge in [0.15, 0.2) is 0 Å². The second kappa shape index (κ2) is 7.83. The van der Waals surface area contributed by atoms with Gasteiger partial charge in [0.1, 0.15) is 5.75 Å². The molecule has 0 aliphatic rings. The van der Waals surface area contributed by atoms with E-state index in [1.165, 1.54) is 12.1 Å². The van der Waals surface area contributed by atoms with Gasteiger partial charge in [-0.2, -0.15) is 0 Å². The van der Waals surface area contributed by atoms with Gasteiger partial charge in [-0.15, -0.1) is 0 Å². The minimum atomic E-state index is -4.93. The highest BCUT2D eigenvalue weighted by atomic mass is 32.2. The lowest BCUT2D eigenvalue weighted by Gasteiger charge is -2.34. The smallest absolute Gasteiger partial charge is 0.395 e. The molecule has 0 amide bonds. The minimum absolute atomic E-state index is 0.196. The fourth-order valence-electron chi connectivity index (χ4n) is 1.80. The largest absolute Gasteiger partial charge is 0.480 e. The molecule has 1 unspecified atom stereocenters. The van der Waals surface area contributed by atoms with E-state index >= 15 is 0 Å². The van der Waals surface area contributed by atoms with Crippen LogP contribution in [0.1, 0.15) is 0 Å². The van der Waals surface area contributed by atoms with Crippen molar-refractivity contribution in [2.45, 2.75) is 9.69 Å². The highest BCUT2D eigenvalue weighted by Crippen LogP contribution is 2.57. The number of nitrogens with one attached hydrogen (secondary N) is 1. The molecule has 128 valence electrons. The topological polar surface area (TPSA) is 116 Å². The monoisotopic (exact) mass is 369 g/mol. The van der Waals surface area contributed by atoms with Crippen LogP contribution in [-0.2, 0) is 9.36 Å². The van der Waals surface area contributed by atoms with E-state index in [-0.39, 0.29) is 5.75 Å². The van der Waals surface area contributed by atoms with Crippen LogP contribution in [-0.4, -0.2) is 32.2 Å². The summed E-state index contributed by atoms with van der Waals surface area (Å²) in [6.45, 7) is -0.683. The molecule has 0 spiro atoms. The molecular weight excluding hydrogens is 353 g/mol. The summed E-state index contributed by atoms with van der Waals surface area (Å²) in [6, 6.07) is 16.5. The summed E-state index contributed by atoms with van der Waals surface area (Å²) in [5, 5.41) is 11.2. The molecule has 7 nitrogen and oxygen atoms in total. The number of para-hydroxylation sites is 1. The van der Waals surface area contributed by atoms with Crippen LogP contribution in [0.3, 0.4) is 0 Å². The number of aliphatic carboxylic acids is 1. The average Bonchev–Trinajstić information content (AvgIpc) is 2.53. The van der Waals surface area contributed by atoms with Gasteiger partial charge in [0.05, 0.1) is 6.54 Å². The maximum absolute atomic E-state index is 12.2. The van der Waals surface area contributed by atoms with Crippen molar-refractivity contribution in [3.05, 3.63) is 60.7 Å². The fourth-order valence-corrected chi connectivity index (χ4v) is 3.99. The predicted octanol–water partition coefficient (Wildman–Crippen LogP) is 2.32. The zero-order chi connectivity index (χ0) is 17.6. The Bertz CT molecular complexity index is 680. The first-order valence-electron chi connectivity index (χ1n) is 6.83. The number of thioether (sulfide) groups is 1. The molecule has 1 atom stereocenters. The number of ether oxygens (including phenoxy) is 1. The van der Waals surface area contributed by atoms with Crippen LogP contribution in [0.25, 0.3) is 0 Å². The summed E-state index contributed by atoms with van der Waals surface area (Å²) in [6.07, 6.45) is 0. The van der Waals surface area contributed by atoms with E-state index < -0.39 is 24.9 Å². The summed E-state index contributed by atoms with van der Waals surface area (Å²) in [5.74, 6) is -1.07.